The van der Waals surface area contributed by atoms with E-state index in [1.165, 1.54) is 60.7 Å². The number of benzene rings is 2. The fourth-order valence-corrected chi connectivity index (χ4v) is 5.12. The number of anilines is 2. The predicted molar refractivity (Wildman–Crippen MR) is 125 cm³/mol. The minimum atomic E-state index is -4.37. The van der Waals surface area contributed by atoms with E-state index in [9.17, 15) is 26.4 Å². The zero-order valence-electron chi connectivity index (χ0n) is 19.0. The molecule has 1 aliphatic rings. The standard InChI is InChI=1S/C23H18F4N4O5S/c1-35-20-10-18(30-11-14(12-30)23(25,26)27)16(24)9-19(20)31-17-4-3-15(8-13(17)2-5-22(31)32)37(33,34)29-21-6-7-36-28-21/h2-10,14H,11-12H2,1H3,(H,28,29). The van der Waals surface area contributed by atoms with Crippen LogP contribution in [0.5, 0.6) is 5.75 Å². The molecule has 9 nitrogen and oxygen atoms in total. The van der Waals surface area contributed by atoms with Crippen LogP contribution in [-0.2, 0) is 10.0 Å². The molecule has 2 aromatic heterocycles. The number of hydrogen-bond acceptors (Lipinski definition) is 7. The average Bonchev–Trinajstić information content (AvgIpc) is 3.30. The van der Waals surface area contributed by atoms with Crippen LogP contribution in [0.25, 0.3) is 16.6 Å². The summed E-state index contributed by atoms with van der Waals surface area (Å²) in [5.74, 6) is -2.36. The lowest BCUT2D eigenvalue weighted by atomic mass is 9.98. The summed E-state index contributed by atoms with van der Waals surface area (Å²) in [5, 5.41) is 3.85. The van der Waals surface area contributed by atoms with E-state index in [1.54, 1.807) is 0 Å². The minimum Gasteiger partial charge on any atom is -0.494 e. The number of alkyl halides is 3. The molecule has 37 heavy (non-hydrogen) atoms. The molecular formula is C23H18F4N4O5S. The second kappa shape index (κ2) is 8.80. The number of hydrogen-bond donors (Lipinski definition) is 1. The van der Waals surface area contributed by atoms with E-state index in [1.807, 2.05) is 0 Å². The van der Waals surface area contributed by atoms with Crippen molar-refractivity contribution in [1.29, 1.82) is 0 Å². The molecule has 0 radical (unpaired) electrons. The fourth-order valence-electron chi connectivity index (χ4n) is 4.10. The largest absolute Gasteiger partial charge is 0.494 e. The lowest BCUT2D eigenvalue weighted by Crippen LogP contribution is -2.53. The number of methoxy groups -OCH3 is 1. The first-order valence-corrected chi connectivity index (χ1v) is 12.2. The van der Waals surface area contributed by atoms with Gasteiger partial charge in [-0.3, -0.25) is 14.1 Å². The number of fused-ring (bicyclic) bond motifs is 1. The highest BCUT2D eigenvalue weighted by Gasteiger charge is 2.47. The highest BCUT2D eigenvalue weighted by Crippen LogP contribution is 2.40. The molecule has 0 amide bonds. The van der Waals surface area contributed by atoms with Crippen molar-refractivity contribution >= 4 is 32.4 Å². The minimum absolute atomic E-state index is 0.00331. The zero-order chi connectivity index (χ0) is 26.5. The molecule has 2 aromatic carbocycles. The Balaban J connectivity index is 1.55. The molecule has 5 rings (SSSR count). The Kier molecular flexibility index (Phi) is 5.85. The predicted octanol–water partition coefficient (Wildman–Crippen LogP) is 3.93. The van der Waals surface area contributed by atoms with Crippen LogP contribution in [0.3, 0.4) is 0 Å². The number of nitrogens with one attached hydrogen (secondary N) is 1. The van der Waals surface area contributed by atoms with E-state index in [0.29, 0.717) is 5.39 Å². The van der Waals surface area contributed by atoms with Crippen LogP contribution in [0.1, 0.15) is 0 Å². The maximum absolute atomic E-state index is 15.1. The van der Waals surface area contributed by atoms with Gasteiger partial charge in [0.2, 0.25) is 0 Å². The molecule has 4 aromatic rings. The van der Waals surface area contributed by atoms with Gasteiger partial charge >= 0.3 is 6.18 Å². The molecule has 1 N–H and O–H groups in total. The van der Waals surface area contributed by atoms with Crippen molar-refractivity contribution in [3.63, 3.8) is 0 Å². The normalized spacial score (nSPS) is 14.6. The first-order valence-electron chi connectivity index (χ1n) is 10.8. The van der Waals surface area contributed by atoms with Crippen LogP contribution >= 0.6 is 0 Å². The average molecular weight is 538 g/mol. The quantitative estimate of drug-likeness (QED) is 0.371. The van der Waals surface area contributed by atoms with Crippen molar-refractivity contribution in [3.8, 4) is 11.4 Å². The molecule has 1 saturated heterocycles. The number of ether oxygens (including phenoxy) is 1. The van der Waals surface area contributed by atoms with Gasteiger partial charge in [-0.25, -0.2) is 12.8 Å². The van der Waals surface area contributed by atoms with Gasteiger partial charge in [0.1, 0.15) is 17.8 Å². The molecule has 194 valence electrons. The van der Waals surface area contributed by atoms with Crippen LogP contribution in [-0.4, -0.2) is 44.5 Å². The van der Waals surface area contributed by atoms with Gasteiger partial charge in [0.15, 0.2) is 5.82 Å². The Morgan fingerprint density at radius 3 is 2.49 bits per heavy atom. The highest BCUT2D eigenvalue weighted by atomic mass is 32.2. The summed E-state index contributed by atoms with van der Waals surface area (Å²) in [6.45, 7) is -0.784. The third-order valence-electron chi connectivity index (χ3n) is 6.03. The maximum Gasteiger partial charge on any atom is 0.395 e. The van der Waals surface area contributed by atoms with Crippen LogP contribution < -0.4 is 19.9 Å². The molecule has 3 heterocycles. The third kappa shape index (κ3) is 4.48. The second-order valence-electron chi connectivity index (χ2n) is 8.34. The Bertz CT molecular complexity index is 1650. The van der Waals surface area contributed by atoms with Crippen LogP contribution in [0.2, 0.25) is 0 Å². The summed E-state index contributed by atoms with van der Waals surface area (Å²) < 4.78 is 92.5. The second-order valence-corrected chi connectivity index (χ2v) is 10.0. The van der Waals surface area contributed by atoms with Crippen LogP contribution in [0, 0.1) is 11.7 Å². The lowest BCUT2D eigenvalue weighted by Gasteiger charge is -2.42. The summed E-state index contributed by atoms with van der Waals surface area (Å²) in [5.41, 5.74) is -0.389. The molecule has 0 saturated carbocycles. The molecule has 1 aliphatic heterocycles. The summed E-state index contributed by atoms with van der Waals surface area (Å²) in [7, 11) is -2.76. The number of rotatable bonds is 6. The molecule has 0 spiro atoms. The van der Waals surface area contributed by atoms with Crippen molar-refractivity contribution in [2.24, 2.45) is 5.92 Å². The van der Waals surface area contributed by atoms with E-state index in [2.05, 4.69) is 14.4 Å². The van der Waals surface area contributed by atoms with Crippen LogP contribution in [0.15, 0.2) is 69.0 Å². The maximum atomic E-state index is 15.1. The summed E-state index contributed by atoms with van der Waals surface area (Å²) in [6, 6.07) is 10.1. The first kappa shape index (κ1) is 24.6. The van der Waals surface area contributed by atoms with Gasteiger partial charge in [0, 0.05) is 42.7 Å². The van der Waals surface area contributed by atoms with Crippen molar-refractivity contribution in [2.45, 2.75) is 11.1 Å². The molecule has 1 fully saturated rings. The molecule has 14 heteroatoms. The molecular weight excluding hydrogens is 520 g/mol. The van der Waals surface area contributed by atoms with Crippen molar-refractivity contribution in [3.05, 3.63) is 71.0 Å². The third-order valence-corrected chi connectivity index (χ3v) is 7.38. The SMILES string of the molecule is COc1cc(N2CC(C(F)(F)F)C2)c(F)cc1-n1c(=O)ccc2cc(S(=O)(=O)Nc3ccon3)ccc21. The van der Waals surface area contributed by atoms with Gasteiger partial charge in [0.25, 0.3) is 15.6 Å². The van der Waals surface area contributed by atoms with Crippen molar-refractivity contribution in [2.75, 3.05) is 29.8 Å². The van der Waals surface area contributed by atoms with Gasteiger partial charge < -0.3 is 14.2 Å². The van der Waals surface area contributed by atoms with E-state index in [0.717, 1.165) is 10.6 Å². The van der Waals surface area contributed by atoms with Gasteiger partial charge in [-0.1, -0.05) is 5.16 Å². The van der Waals surface area contributed by atoms with Crippen molar-refractivity contribution < 1.29 is 35.2 Å². The van der Waals surface area contributed by atoms with Gasteiger partial charge in [0.05, 0.1) is 34.8 Å². The Morgan fingerprint density at radius 1 is 1.08 bits per heavy atom. The van der Waals surface area contributed by atoms with Crippen molar-refractivity contribution in [1.82, 2.24) is 9.72 Å². The van der Waals surface area contributed by atoms with E-state index < -0.39 is 46.6 Å². The number of aromatic nitrogens is 2. The fraction of sp³-hybridized carbons (Fsp3) is 0.217. The summed E-state index contributed by atoms with van der Waals surface area (Å²) >= 11 is 0. The Hall–Kier alpha value is -4.07. The number of nitrogens with zero attached hydrogens (tertiary/aromatic N) is 3. The molecule has 0 atom stereocenters. The lowest BCUT2D eigenvalue weighted by molar-refractivity contribution is -0.180. The molecule has 0 unspecified atom stereocenters. The van der Waals surface area contributed by atoms with Gasteiger partial charge in [-0.05, 0) is 24.3 Å². The van der Waals surface area contributed by atoms with E-state index in [4.69, 9.17) is 4.74 Å². The summed E-state index contributed by atoms with van der Waals surface area (Å²) in [6.07, 6.45) is -3.17. The van der Waals surface area contributed by atoms with E-state index >= 15 is 4.39 Å². The summed E-state index contributed by atoms with van der Waals surface area (Å²) in [4.78, 5) is 14.0. The van der Waals surface area contributed by atoms with E-state index in [-0.39, 0.29) is 33.4 Å². The molecule has 0 aliphatic carbocycles. The molecule has 0 bridgehead atoms. The number of halogens is 4. The number of pyridine rings is 1. The highest BCUT2D eigenvalue weighted by molar-refractivity contribution is 7.92. The van der Waals surface area contributed by atoms with Gasteiger partial charge in [-0.15, -0.1) is 0 Å². The number of sulfonamides is 1. The smallest absolute Gasteiger partial charge is 0.395 e. The Labute approximate surface area is 206 Å². The van der Waals surface area contributed by atoms with Gasteiger partial charge in [-0.2, -0.15) is 13.2 Å². The monoisotopic (exact) mass is 538 g/mol. The van der Waals surface area contributed by atoms with Crippen LogP contribution in [0.4, 0.5) is 29.1 Å². The Morgan fingerprint density at radius 2 is 1.84 bits per heavy atom. The topological polar surface area (TPSA) is 107 Å². The zero-order valence-corrected chi connectivity index (χ0v) is 19.8. The first-order chi connectivity index (χ1) is 17.5.